The number of carbonyl (C=O) groups is 2. The van der Waals surface area contributed by atoms with Crippen LogP contribution >= 0.6 is 0 Å². The summed E-state index contributed by atoms with van der Waals surface area (Å²) in [5, 5.41) is 2.77. The molecule has 1 amide bonds. The van der Waals surface area contributed by atoms with Crippen LogP contribution in [0.3, 0.4) is 0 Å². The van der Waals surface area contributed by atoms with Crippen LogP contribution in [0.25, 0.3) is 0 Å². The molecule has 1 fully saturated rings. The highest BCUT2D eigenvalue weighted by Gasteiger charge is 2.16. The maximum atomic E-state index is 12.2. The minimum Gasteiger partial charge on any atom is -0.493 e. The standard InChI is InChI=1S/C25H33N3O4/c1-4-27-13-15-28(16-14-27)22-9-7-21(8-10-22)26-24(29)18-32-25(30)20-5-11-23(12-6-20)31-17-19(2)3/h5-12,19H,4,13-18H2,1-3H3,(H,26,29). The molecular formula is C25H33N3O4. The molecule has 0 aliphatic carbocycles. The van der Waals surface area contributed by atoms with Gasteiger partial charge in [0.1, 0.15) is 5.75 Å². The fourth-order valence-electron chi connectivity index (χ4n) is 3.44. The Hall–Kier alpha value is -3.06. The molecule has 7 heteroatoms. The predicted molar refractivity (Wildman–Crippen MR) is 126 cm³/mol. The van der Waals surface area contributed by atoms with Gasteiger partial charge in [-0.1, -0.05) is 20.8 Å². The number of hydrogen-bond acceptors (Lipinski definition) is 6. The zero-order chi connectivity index (χ0) is 22.9. The van der Waals surface area contributed by atoms with Crippen LogP contribution in [0.4, 0.5) is 11.4 Å². The average molecular weight is 440 g/mol. The third kappa shape index (κ3) is 6.99. The number of esters is 1. The van der Waals surface area contributed by atoms with Crippen LogP contribution in [0.5, 0.6) is 5.75 Å². The molecule has 1 heterocycles. The smallest absolute Gasteiger partial charge is 0.338 e. The maximum absolute atomic E-state index is 12.2. The Balaban J connectivity index is 1.43. The number of benzene rings is 2. The number of amides is 1. The van der Waals surface area contributed by atoms with Crippen molar-refractivity contribution in [2.45, 2.75) is 20.8 Å². The number of carbonyl (C=O) groups excluding carboxylic acids is 2. The zero-order valence-electron chi connectivity index (χ0n) is 19.2. The zero-order valence-corrected chi connectivity index (χ0v) is 19.2. The summed E-state index contributed by atoms with van der Waals surface area (Å²) in [6.07, 6.45) is 0. The maximum Gasteiger partial charge on any atom is 0.338 e. The molecule has 3 rings (SSSR count). The van der Waals surface area contributed by atoms with E-state index in [-0.39, 0.29) is 12.5 Å². The van der Waals surface area contributed by atoms with E-state index in [9.17, 15) is 9.59 Å². The third-order valence-corrected chi connectivity index (χ3v) is 5.34. The van der Waals surface area contributed by atoms with E-state index in [0.717, 1.165) is 38.4 Å². The first-order valence-electron chi connectivity index (χ1n) is 11.2. The average Bonchev–Trinajstić information content (AvgIpc) is 2.82. The Morgan fingerprint density at radius 3 is 2.22 bits per heavy atom. The number of ether oxygens (including phenoxy) is 2. The van der Waals surface area contributed by atoms with Crippen LogP contribution in [0.15, 0.2) is 48.5 Å². The van der Waals surface area contributed by atoms with Gasteiger partial charge in [-0.25, -0.2) is 4.79 Å². The van der Waals surface area contributed by atoms with E-state index in [1.54, 1.807) is 24.3 Å². The van der Waals surface area contributed by atoms with E-state index in [4.69, 9.17) is 9.47 Å². The van der Waals surface area contributed by atoms with E-state index in [0.29, 0.717) is 29.5 Å². The first-order chi connectivity index (χ1) is 15.4. The van der Waals surface area contributed by atoms with E-state index < -0.39 is 5.97 Å². The molecular weight excluding hydrogens is 406 g/mol. The van der Waals surface area contributed by atoms with Gasteiger partial charge in [0.15, 0.2) is 6.61 Å². The van der Waals surface area contributed by atoms with Crippen LogP contribution in [0.1, 0.15) is 31.1 Å². The van der Waals surface area contributed by atoms with Gasteiger partial charge in [0.2, 0.25) is 0 Å². The Kier molecular flexibility index (Phi) is 8.50. The number of piperazine rings is 1. The van der Waals surface area contributed by atoms with Gasteiger partial charge in [0, 0.05) is 37.6 Å². The van der Waals surface area contributed by atoms with Gasteiger partial charge in [-0.05, 0) is 61.0 Å². The van der Waals surface area contributed by atoms with E-state index in [2.05, 4.69) is 35.9 Å². The topological polar surface area (TPSA) is 71.1 Å². The number of nitrogens with zero attached hydrogens (tertiary/aromatic N) is 2. The van der Waals surface area contributed by atoms with Gasteiger partial charge < -0.3 is 24.6 Å². The van der Waals surface area contributed by atoms with Crippen LogP contribution in [0, 0.1) is 5.92 Å². The second-order valence-electron chi connectivity index (χ2n) is 8.32. The van der Waals surface area contributed by atoms with Crippen molar-refractivity contribution < 1.29 is 19.1 Å². The molecule has 0 saturated carbocycles. The van der Waals surface area contributed by atoms with Crippen LogP contribution in [-0.2, 0) is 9.53 Å². The lowest BCUT2D eigenvalue weighted by molar-refractivity contribution is -0.119. The molecule has 0 aromatic heterocycles. The second kappa shape index (κ2) is 11.5. The summed E-state index contributed by atoms with van der Waals surface area (Å²) in [6.45, 7) is 11.8. The SMILES string of the molecule is CCN1CCN(c2ccc(NC(=O)COC(=O)c3ccc(OCC(C)C)cc3)cc2)CC1. The highest BCUT2D eigenvalue weighted by molar-refractivity contribution is 5.95. The van der Waals surface area contributed by atoms with Crippen molar-refractivity contribution in [1.29, 1.82) is 0 Å². The fourth-order valence-corrected chi connectivity index (χ4v) is 3.44. The summed E-state index contributed by atoms with van der Waals surface area (Å²) < 4.78 is 10.7. The monoisotopic (exact) mass is 439 g/mol. The lowest BCUT2D eigenvalue weighted by atomic mass is 10.2. The Morgan fingerprint density at radius 1 is 0.969 bits per heavy atom. The van der Waals surface area contributed by atoms with Crippen molar-refractivity contribution in [3.05, 3.63) is 54.1 Å². The summed E-state index contributed by atoms with van der Waals surface area (Å²) in [4.78, 5) is 29.2. The normalized spacial score (nSPS) is 14.3. The fraction of sp³-hybridized carbons (Fsp3) is 0.440. The summed E-state index contributed by atoms with van der Waals surface area (Å²) >= 11 is 0. The summed E-state index contributed by atoms with van der Waals surface area (Å²) in [6, 6.07) is 14.5. The molecule has 32 heavy (non-hydrogen) atoms. The molecule has 1 aliphatic rings. The quantitative estimate of drug-likeness (QED) is 0.602. The first-order valence-corrected chi connectivity index (χ1v) is 11.2. The van der Waals surface area contributed by atoms with Gasteiger partial charge in [0.05, 0.1) is 12.2 Å². The molecule has 0 atom stereocenters. The van der Waals surface area contributed by atoms with Crippen molar-refractivity contribution in [2.75, 3.05) is 56.2 Å². The molecule has 2 aromatic rings. The van der Waals surface area contributed by atoms with Gasteiger partial charge >= 0.3 is 5.97 Å². The molecule has 0 radical (unpaired) electrons. The summed E-state index contributed by atoms with van der Waals surface area (Å²) in [5.74, 6) is 0.200. The van der Waals surface area contributed by atoms with E-state index in [1.165, 1.54) is 0 Å². The molecule has 1 aliphatic heterocycles. The molecule has 0 spiro atoms. The van der Waals surface area contributed by atoms with Gasteiger partial charge in [0.25, 0.3) is 5.91 Å². The lowest BCUT2D eigenvalue weighted by Crippen LogP contribution is -2.46. The number of rotatable bonds is 9. The molecule has 2 aromatic carbocycles. The van der Waals surface area contributed by atoms with Gasteiger partial charge in [-0.3, -0.25) is 4.79 Å². The number of likely N-dealkylation sites (N-methyl/N-ethyl adjacent to an activating group) is 1. The molecule has 172 valence electrons. The molecule has 1 saturated heterocycles. The Morgan fingerprint density at radius 2 is 1.62 bits per heavy atom. The second-order valence-corrected chi connectivity index (χ2v) is 8.32. The van der Waals surface area contributed by atoms with Crippen molar-refractivity contribution in [1.82, 2.24) is 4.90 Å². The van der Waals surface area contributed by atoms with Gasteiger partial charge in [-0.2, -0.15) is 0 Å². The number of hydrogen-bond donors (Lipinski definition) is 1. The van der Waals surface area contributed by atoms with Crippen molar-refractivity contribution >= 4 is 23.3 Å². The van der Waals surface area contributed by atoms with Crippen LogP contribution in [0.2, 0.25) is 0 Å². The third-order valence-electron chi connectivity index (χ3n) is 5.34. The number of nitrogens with one attached hydrogen (secondary N) is 1. The van der Waals surface area contributed by atoms with Gasteiger partial charge in [-0.15, -0.1) is 0 Å². The molecule has 7 nitrogen and oxygen atoms in total. The lowest BCUT2D eigenvalue weighted by Gasteiger charge is -2.35. The largest absolute Gasteiger partial charge is 0.493 e. The number of anilines is 2. The minimum atomic E-state index is -0.544. The Bertz CT molecular complexity index is 873. The molecule has 0 bridgehead atoms. The highest BCUT2D eigenvalue weighted by Crippen LogP contribution is 2.19. The summed E-state index contributed by atoms with van der Waals surface area (Å²) in [7, 11) is 0. The Labute approximate surface area is 190 Å². The van der Waals surface area contributed by atoms with Crippen LogP contribution in [-0.4, -0.2) is 62.7 Å². The summed E-state index contributed by atoms with van der Waals surface area (Å²) in [5.41, 5.74) is 2.20. The van der Waals surface area contributed by atoms with E-state index >= 15 is 0 Å². The van der Waals surface area contributed by atoms with Crippen molar-refractivity contribution in [2.24, 2.45) is 5.92 Å². The highest BCUT2D eigenvalue weighted by atomic mass is 16.5. The van der Waals surface area contributed by atoms with Crippen molar-refractivity contribution in [3.63, 3.8) is 0 Å². The van der Waals surface area contributed by atoms with Crippen molar-refractivity contribution in [3.8, 4) is 5.75 Å². The van der Waals surface area contributed by atoms with E-state index in [1.807, 2.05) is 24.3 Å². The molecule has 0 unspecified atom stereocenters. The first kappa shape index (κ1) is 23.6. The predicted octanol–water partition coefficient (Wildman–Crippen LogP) is 3.66. The minimum absolute atomic E-state index is 0.342. The molecule has 1 N–H and O–H groups in total. The van der Waals surface area contributed by atoms with Crippen LogP contribution < -0.4 is 15.0 Å².